The lowest BCUT2D eigenvalue weighted by Crippen LogP contribution is -1.99. The summed E-state index contributed by atoms with van der Waals surface area (Å²) in [4.78, 5) is 12.7. The van der Waals surface area contributed by atoms with Crippen LogP contribution in [0.2, 0.25) is 5.15 Å². The highest BCUT2D eigenvalue weighted by atomic mass is 35.5. The van der Waals surface area contributed by atoms with Gasteiger partial charge in [-0.05, 0) is 49.9 Å². The molecular weight excluding hydrogens is 358 g/mol. The third-order valence-corrected chi connectivity index (χ3v) is 6.07. The predicted molar refractivity (Wildman–Crippen MR) is 102 cm³/mol. The fourth-order valence-corrected chi connectivity index (χ4v) is 4.97. The number of benzene rings is 1. The van der Waals surface area contributed by atoms with Crippen LogP contribution in [0.15, 0.2) is 52.3 Å². The molecule has 1 aromatic carbocycles. The summed E-state index contributed by atoms with van der Waals surface area (Å²) >= 11 is 9.61. The monoisotopic (exact) mass is 373 g/mol. The van der Waals surface area contributed by atoms with Gasteiger partial charge < -0.3 is 5.32 Å². The van der Waals surface area contributed by atoms with Gasteiger partial charge in [-0.25, -0.2) is 9.97 Å². The van der Waals surface area contributed by atoms with E-state index in [0.717, 1.165) is 28.7 Å². The minimum absolute atomic E-state index is 0.486. The molecule has 24 heavy (non-hydrogen) atoms. The zero-order chi connectivity index (χ0) is 16.4. The van der Waals surface area contributed by atoms with Crippen LogP contribution in [0, 0.1) is 0 Å². The fraction of sp³-hybridized carbons (Fsp3) is 0.222. The molecule has 2 aromatic heterocycles. The normalized spacial score (nSPS) is 13.5. The van der Waals surface area contributed by atoms with Crippen LogP contribution in [0.25, 0.3) is 0 Å². The molecule has 0 bridgehead atoms. The number of nitrogens with one attached hydrogen (secondary N) is 1. The van der Waals surface area contributed by atoms with Crippen molar-refractivity contribution >= 4 is 45.6 Å². The number of hydrogen-bond donors (Lipinski definition) is 1. The molecule has 0 fully saturated rings. The number of nitrogens with zero attached hydrogens (tertiary/aromatic N) is 2. The molecule has 1 aliphatic carbocycles. The Kier molecular flexibility index (Phi) is 4.74. The average molecular weight is 374 g/mol. The van der Waals surface area contributed by atoms with Gasteiger partial charge in [0.2, 0.25) is 0 Å². The van der Waals surface area contributed by atoms with Gasteiger partial charge >= 0.3 is 0 Å². The van der Waals surface area contributed by atoms with Gasteiger partial charge in [0, 0.05) is 14.7 Å². The second kappa shape index (κ2) is 7.13. The molecule has 1 N–H and O–H groups in total. The predicted octanol–water partition coefficient (Wildman–Crippen LogP) is 5.97. The second-order valence-electron chi connectivity index (χ2n) is 5.65. The van der Waals surface area contributed by atoms with Crippen molar-refractivity contribution in [1.82, 2.24) is 9.97 Å². The Morgan fingerprint density at radius 3 is 2.67 bits per heavy atom. The minimum Gasteiger partial charge on any atom is -0.316 e. The molecule has 0 amide bonds. The van der Waals surface area contributed by atoms with Gasteiger partial charge in [0.05, 0.1) is 5.69 Å². The highest BCUT2D eigenvalue weighted by molar-refractivity contribution is 7.99. The zero-order valence-electron chi connectivity index (χ0n) is 13.0. The van der Waals surface area contributed by atoms with Crippen molar-refractivity contribution in [3.05, 3.63) is 58.2 Å². The molecule has 0 saturated heterocycles. The molecule has 3 aromatic rings. The summed E-state index contributed by atoms with van der Waals surface area (Å²) in [6, 6.07) is 14.2. The summed E-state index contributed by atoms with van der Waals surface area (Å²) in [5, 5.41) is 4.72. The molecule has 3 nitrogen and oxygen atoms in total. The van der Waals surface area contributed by atoms with E-state index >= 15 is 0 Å². The molecular formula is C18H16ClN3S2. The molecule has 4 rings (SSSR count). The van der Waals surface area contributed by atoms with Crippen LogP contribution in [0.3, 0.4) is 0 Å². The Balaban J connectivity index is 1.56. The lowest BCUT2D eigenvalue weighted by Gasteiger charge is -2.06. The third-order valence-electron chi connectivity index (χ3n) is 3.83. The summed E-state index contributed by atoms with van der Waals surface area (Å²) in [5.41, 5.74) is 1.25. The SMILES string of the molecule is Clc1cc(Sc2ccccc2)cc(Nc2nc3c(s2)CCCC3)n1. The standard InChI is InChI=1S/C18H16ClN3S2/c19-16-10-13(23-12-6-2-1-3-7-12)11-17(21-16)22-18-20-14-8-4-5-9-15(14)24-18/h1-3,6-7,10-11H,4-5,8-9H2,(H,20,21,22). The largest absolute Gasteiger partial charge is 0.316 e. The van der Waals surface area contributed by atoms with E-state index in [0.29, 0.717) is 5.15 Å². The average Bonchev–Trinajstić information content (AvgIpc) is 2.97. The van der Waals surface area contributed by atoms with E-state index in [2.05, 4.69) is 22.4 Å². The molecule has 2 heterocycles. The summed E-state index contributed by atoms with van der Waals surface area (Å²) < 4.78 is 0. The van der Waals surface area contributed by atoms with Crippen LogP contribution in [0.1, 0.15) is 23.4 Å². The van der Waals surface area contributed by atoms with E-state index in [1.165, 1.54) is 28.3 Å². The van der Waals surface area contributed by atoms with Gasteiger partial charge in [-0.1, -0.05) is 41.6 Å². The first-order chi connectivity index (χ1) is 11.8. The molecule has 0 atom stereocenters. The van der Waals surface area contributed by atoms with Crippen LogP contribution < -0.4 is 5.32 Å². The number of thiazole rings is 1. The summed E-state index contributed by atoms with van der Waals surface area (Å²) in [6.45, 7) is 0. The highest BCUT2D eigenvalue weighted by Crippen LogP contribution is 2.34. The zero-order valence-corrected chi connectivity index (χ0v) is 15.3. The molecule has 122 valence electrons. The number of fused-ring (bicyclic) bond motifs is 1. The number of anilines is 2. The van der Waals surface area contributed by atoms with E-state index in [9.17, 15) is 0 Å². The van der Waals surface area contributed by atoms with E-state index in [-0.39, 0.29) is 0 Å². The van der Waals surface area contributed by atoms with Gasteiger partial charge in [0.15, 0.2) is 5.13 Å². The molecule has 1 aliphatic rings. The van der Waals surface area contributed by atoms with Crippen molar-refractivity contribution in [1.29, 1.82) is 0 Å². The minimum atomic E-state index is 0.486. The van der Waals surface area contributed by atoms with Crippen LogP contribution >= 0.6 is 34.7 Å². The Labute approximate surface area is 154 Å². The Bertz CT molecular complexity index is 825. The summed E-state index contributed by atoms with van der Waals surface area (Å²) in [5.74, 6) is 0.743. The maximum Gasteiger partial charge on any atom is 0.188 e. The van der Waals surface area contributed by atoms with Crippen LogP contribution in [0.5, 0.6) is 0 Å². The van der Waals surface area contributed by atoms with Crippen molar-refractivity contribution in [2.75, 3.05) is 5.32 Å². The maximum atomic E-state index is 6.20. The lowest BCUT2D eigenvalue weighted by atomic mass is 10.0. The Morgan fingerprint density at radius 2 is 1.83 bits per heavy atom. The van der Waals surface area contributed by atoms with E-state index in [4.69, 9.17) is 16.6 Å². The van der Waals surface area contributed by atoms with E-state index in [1.54, 1.807) is 23.1 Å². The highest BCUT2D eigenvalue weighted by Gasteiger charge is 2.15. The molecule has 0 unspecified atom stereocenters. The van der Waals surface area contributed by atoms with Crippen molar-refractivity contribution in [2.45, 2.75) is 35.5 Å². The van der Waals surface area contributed by atoms with Crippen molar-refractivity contribution < 1.29 is 0 Å². The number of aryl methyl sites for hydroxylation is 2. The first kappa shape index (κ1) is 15.9. The maximum absolute atomic E-state index is 6.20. The van der Waals surface area contributed by atoms with E-state index in [1.807, 2.05) is 30.3 Å². The van der Waals surface area contributed by atoms with Crippen LogP contribution in [-0.4, -0.2) is 9.97 Å². The van der Waals surface area contributed by atoms with Crippen LogP contribution in [0.4, 0.5) is 10.9 Å². The van der Waals surface area contributed by atoms with Gasteiger partial charge in [-0.15, -0.1) is 11.3 Å². The fourth-order valence-electron chi connectivity index (χ4n) is 2.74. The van der Waals surface area contributed by atoms with Crippen molar-refractivity contribution in [2.24, 2.45) is 0 Å². The molecule has 0 radical (unpaired) electrons. The molecule has 0 saturated carbocycles. The first-order valence-electron chi connectivity index (χ1n) is 7.92. The number of hydrogen-bond acceptors (Lipinski definition) is 5. The van der Waals surface area contributed by atoms with Crippen molar-refractivity contribution in [3.63, 3.8) is 0 Å². The summed E-state index contributed by atoms with van der Waals surface area (Å²) in [6.07, 6.45) is 4.74. The Morgan fingerprint density at radius 1 is 1.00 bits per heavy atom. The van der Waals surface area contributed by atoms with Crippen LogP contribution in [-0.2, 0) is 12.8 Å². The molecule has 6 heteroatoms. The smallest absolute Gasteiger partial charge is 0.188 e. The second-order valence-corrected chi connectivity index (χ2v) is 8.26. The Hall–Kier alpha value is -1.56. The first-order valence-corrected chi connectivity index (χ1v) is 9.93. The molecule has 0 spiro atoms. The molecule has 0 aliphatic heterocycles. The van der Waals surface area contributed by atoms with Gasteiger partial charge in [0.25, 0.3) is 0 Å². The quantitative estimate of drug-likeness (QED) is 0.572. The van der Waals surface area contributed by atoms with Crippen molar-refractivity contribution in [3.8, 4) is 0 Å². The topological polar surface area (TPSA) is 37.8 Å². The van der Waals surface area contributed by atoms with E-state index < -0.39 is 0 Å². The number of rotatable bonds is 4. The summed E-state index contributed by atoms with van der Waals surface area (Å²) in [7, 11) is 0. The van der Waals surface area contributed by atoms with Gasteiger partial charge in [-0.2, -0.15) is 0 Å². The van der Waals surface area contributed by atoms with Gasteiger partial charge in [0.1, 0.15) is 11.0 Å². The lowest BCUT2D eigenvalue weighted by molar-refractivity contribution is 0.683. The number of aromatic nitrogens is 2. The number of halogens is 1. The third kappa shape index (κ3) is 3.74. The van der Waals surface area contributed by atoms with Gasteiger partial charge in [-0.3, -0.25) is 0 Å². The number of pyridine rings is 1.